The van der Waals surface area contributed by atoms with Crippen LogP contribution in [0.5, 0.6) is 5.75 Å². The minimum atomic E-state index is 0.462. The van der Waals surface area contributed by atoms with Gasteiger partial charge in [-0.25, -0.2) is 0 Å². The van der Waals surface area contributed by atoms with Crippen LogP contribution in [0.3, 0.4) is 0 Å². The van der Waals surface area contributed by atoms with Crippen molar-refractivity contribution in [1.29, 1.82) is 0 Å². The maximum absolute atomic E-state index is 5.55. The Morgan fingerprint density at radius 3 is 2.94 bits per heavy atom. The van der Waals surface area contributed by atoms with Gasteiger partial charge < -0.3 is 10.1 Å². The molecule has 0 spiro atoms. The Labute approximate surface area is 105 Å². The van der Waals surface area contributed by atoms with E-state index in [-0.39, 0.29) is 0 Å². The third kappa shape index (κ3) is 5.28. The molecule has 3 nitrogen and oxygen atoms in total. The summed E-state index contributed by atoms with van der Waals surface area (Å²) in [5.41, 5.74) is 1.02. The van der Waals surface area contributed by atoms with Gasteiger partial charge in [-0.3, -0.25) is 4.98 Å². The van der Waals surface area contributed by atoms with Crippen LogP contribution >= 0.6 is 15.9 Å². The third-order valence-corrected chi connectivity index (χ3v) is 2.32. The molecular weight excluding hydrogens is 268 g/mol. The number of pyridine rings is 1. The van der Waals surface area contributed by atoms with Gasteiger partial charge in [0.15, 0.2) is 0 Å². The first kappa shape index (κ1) is 13.2. The lowest BCUT2D eigenvalue weighted by Crippen LogP contribution is -2.26. The molecule has 0 radical (unpaired) electrons. The SMILES string of the molecule is C=C(CNC(C)C)COc1cncc(Br)c1. The van der Waals surface area contributed by atoms with E-state index in [1.54, 1.807) is 12.4 Å². The molecule has 0 aliphatic heterocycles. The summed E-state index contributed by atoms with van der Waals surface area (Å²) in [5, 5.41) is 3.29. The van der Waals surface area contributed by atoms with E-state index < -0.39 is 0 Å². The lowest BCUT2D eigenvalue weighted by Gasteiger charge is -2.11. The molecule has 1 aromatic heterocycles. The molecule has 0 aliphatic carbocycles. The number of ether oxygens (including phenoxy) is 1. The van der Waals surface area contributed by atoms with Crippen LogP contribution in [0.4, 0.5) is 0 Å². The van der Waals surface area contributed by atoms with Crippen molar-refractivity contribution in [3.63, 3.8) is 0 Å². The number of rotatable bonds is 6. The molecule has 0 saturated heterocycles. The Morgan fingerprint density at radius 2 is 2.31 bits per heavy atom. The zero-order valence-corrected chi connectivity index (χ0v) is 11.3. The lowest BCUT2D eigenvalue weighted by atomic mass is 10.3. The Kier molecular flexibility index (Phi) is 5.49. The van der Waals surface area contributed by atoms with Gasteiger partial charge in [0.1, 0.15) is 12.4 Å². The first-order chi connectivity index (χ1) is 7.58. The van der Waals surface area contributed by atoms with Gasteiger partial charge in [-0.15, -0.1) is 0 Å². The number of nitrogens with zero attached hydrogens (tertiary/aromatic N) is 1. The summed E-state index contributed by atoms with van der Waals surface area (Å²) >= 11 is 3.34. The highest BCUT2D eigenvalue weighted by Crippen LogP contribution is 2.16. The van der Waals surface area contributed by atoms with Gasteiger partial charge in [0.25, 0.3) is 0 Å². The second-order valence-corrected chi connectivity index (χ2v) is 4.83. The smallest absolute Gasteiger partial charge is 0.139 e. The van der Waals surface area contributed by atoms with Gasteiger partial charge in [0.05, 0.1) is 6.20 Å². The van der Waals surface area contributed by atoms with Crippen molar-refractivity contribution in [2.24, 2.45) is 0 Å². The standard InChI is InChI=1S/C12H17BrN2O/c1-9(2)15-5-10(3)8-16-12-4-11(13)6-14-7-12/h4,6-7,9,15H,3,5,8H2,1-2H3. The molecule has 0 bridgehead atoms. The summed E-state index contributed by atoms with van der Waals surface area (Å²) in [7, 11) is 0. The fourth-order valence-electron chi connectivity index (χ4n) is 1.06. The summed E-state index contributed by atoms with van der Waals surface area (Å²) in [6, 6.07) is 2.35. The third-order valence-electron chi connectivity index (χ3n) is 1.88. The Bertz CT molecular complexity index is 353. The van der Waals surface area contributed by atoms with Gasteiger partial charge in [-0.05, 0) is 27.6 Å². The van der Waals surface area contributed by atoms with Gasteiger partial charge in [0, 0.05) is 23.3 Å². The van der Waals surface area contributed by atoms with Gasteiger partial charge >= 0.3 is 0 Å². The maximum Gasteiger partial charge on any atom is 0.139 e. The number of aromatic nitrogens is 1. The van der Waals surface area contributed by atoms with E-state index in [0.717, 1.165) is 22.3 Å². The highest BCUT2D eigenvalue weighted by atomic mass is 79.9. The minimum Gasteiger partial charge on any atom is -0.488 e. The molecule has 0 aliphatic rings. The number of nitrogens with one attached hydrogen (secondary N) is 1. The number of halogens is 1. The van der Waals surface area contributed by atoms with Crippen molar-refractivity contribution in [3.05, 3.63) is 35.1 Å². The van der Waals surface area contributed by atoms with E-state index in [4.69, 9.17) is 4.74 Å². The van der Waals surface area contributed by atoms with Crippen LogP contribution < -0.4 is 10.1 Å². The summed E-state index contributed by atoms with van der Waals surface area (Å²) in [6.45, 7) is 9.44. The molecular formula is C12H17BrN2O. The van der Waals surface area contributed by atoms with Crippen LogP contribution in [0.25, 0.3) is 0 Å². The lowest BCUT2D eigenvalue weighted by molar-refractivity contribution is 0.345. The molecule has 0 aromatic carbocycles. The molecule has 1 aromatic rings. The van der Waals surface area contributed by atoms with E-state index >= 15 is 0 Å². The maximum atomic E-state index is 5.55. The Morgan fingerprint density at radius 1 is 1.56 bits per heavy atom. The average molecular weight is 285 g/mol. The van der Waals surface area contributed by atoms with Gasteiger partial charge in [-0.2, -0.15) is 0 Å². The molecule has 16 heavy (non-hydrogen) atoms. The van der Waals surface area contributed by atoms with Crippen LogP contribution in [-0.4, -0.2) is 24.2 Å². The van der Waals surface area contributed by atoms with Crippen molar-refractivity contribution in [1.82, 2.24) is 10.3 Å². The normalized spacial score (nSPS) is 10.5. The second kappa shape index (κ2) is 6.66. The molecule has 4 heteroatoms. The molecule has 0 fully saturated rings. The number of hydrogen-bond donors (Lipinski definition) is 1. The quantitative estimate of drug-likeness (QED) is 0.816. The molecule has 1 rings (SSSR count). The molecule has 1 N–H and O–H groups in total. The van der Waals surface area contributed by atoms with Crippen LogP contribution in [0.15, 0.2) is 35.1 Å². The van der Waals surface area contributed by atoms with Crippen molar-refractivity contribution >= 4 is 15.9 Å². The summed E-state index contributed by atoms with van der Waals surface area (Å²) in [4.78, 5) is 4.02. The predicted octanol–water partition coefficient (Wildman–Crippen LogP) is 2.78. The molecule has 0 unspecified atom stereocenters. The van der Waals surface area contributed by atoms with Crippen LogP contribution in [0.2, 0.25) is 0 Å². The van der Waals surface area contributed by atoms with Crippen molar-refractivity contribution < 1.29 is 4.74 Å². The van der Waals surface area contributed by atoms with Crippen molar-refractivity contribution in [2.45, 2.75) is 19.9 Å². The number of hydrogen-bond acceptors (Lipinski definition) is 3. The Hall–Kier alpha value is -0.870. The van der Waals surface area contributed by atoms with E-state index in [2.05, 4.69) is 46.7 Å². The molecule has 88 valence electrons. The highest BCUT2D eigenvalue weighted by Gasteiger charge is 1.99. The predicted molar refractivity (Wildman–Crippen MR) is 69.7 cm³/mol. The van der Waals surface area contributed by atoms with Crippen molar-refractivity contribution in [2.75, 3.05) is 13.2 Å². The fraction of sp³-hybridized carbons (Fsp3) is 0.417. The van der Waals surface area contributed by atoms with Crippen LogP contribution in [0, 0.1) is 0 Å². The second-order valence-electron chi connectivity index (χ2n) is 3.91. The molecule has 1 heterocycles. The van der Waals surface area contributed by atoms with E-state index in [9.17, 15) is 0 Å². The molecule has 0 saturated carbocycles. The molecule has 0 amide bonds. The van der Waals surface area contributed by atoms with Gasteiger partial charge in [-0.1, -0.05) is 20.4 Å². The van der Waals surface area contributed by atoms with E-state index in [1.165, 1.54) is 0 Å². The van der Waals surface area contributed by atoms with E-state index in [1.807, 2.05) is 6.07 Å². The van der Waals surface area contributed by atoms with Crippen LogP contribution in [0.1, 0.15) is 13.8 Å². The first-order valence-electron chi connectivity index (χ1n) is 5.21. The zero-order chi connectivity index (χ0) is 12.0. The topological polar surface area (TPSA) is 34.1 Å². The monoisotopic (exact) mass is 284 g/mol. The first-order valence-corrected chi connectivity index (χ1v) is 6.00. The van der Waals surface area contributed by atoms with E-state index in [0.29, 0.717) is 12.6 Å². The highest BCUT2D eigenvalue weighted by molar-refractivity contribution is 9.10. The summed E-state index contributed by atoms with van der Waals surface area (Å²) in [5.74, 6) is 0.750. The van der Waals surface area contributed by atoms with Crippen LogP contribution in [-0.2, 0) is 0 Å². The summed E-state index contributed by atoms with van der Waals surface area (Å²) < 4.78 is 6.46. The van der Waals surface area contributed by atoms with Crippen molar-refractivity contribution in [3.8, 4) is 5.75 Å². The molecule has 0 atom stereocenters. The largest absolute Gasteiger partial charge is 0.488 e. The minimum absolute atomic E-state index is 0.462. The van der Waals surface area contributed by atoms with Gasteiger partial charge in [0.2, 0.25) is 0 Å². The Balaban J connectivity index is 2.31. The summed E-state index contributed by atoms with van der Waals surface area (Å²) in [6.07, 6.45) is 3.41. The fourth-order valence-corrected chi connectivity index (χ4v) is 1.40. The average Bonchev–Trinajstić information content (AvgIpc) is 2.23. The zero-order valence-electron chi connectivity index (χ0n) is 9.66.